The van der Waals surface area contributed by atoms with Gasteiger partial charge in [-0.1, -0.05) is 13.0 Å². The van der Waals surface area contributed by atoms with Crippen LogP contribution in [0.5, 0.6) is 0 Å². The van der Waals surface area contributed by atoms with Crippen LogP contribution in [0.3, 0.4) is 0 Å². The summed E-state index contributed by atoms with van der Waals surface area (Å²) >= 11 is 1.35. The minimum absolute atomic E-state index is 0.206. The summed E-state index contributed by atoms with van der Waals surface area (Å²) in [4.78, 5) is 21.4. The molecule has 0 bridgehead atoms. The summed E-state index contributed by atoms with van der Waals surface area (Å²) in [6.45, 7) is 1.98. The predicted molar refractivity (Wildman–Crippen MR) is 88.3 cm³/mol. The molecule has 21 heavy (non-hydrogen) atoms. The highest BCUT2D eigenvalue weighted by Gasteiger charge is 2.17. The molecular formula is C15H18N4OS. The normalized spacial score (nSPS) is 11.0. The lowest BCUT2D eigenvalue weighted by Crippen LogP contribution is -2.22. The van der Waals surface area contributed by atoms with Gasteiger partial charge in [-0.2, -0.15) is 0 Å². The summed E-state index contributed by atoms with van der Waals surface area (Å²) in [7, 11) is 3.92. The molecule has 0 fully saturated rings. The van der Waals surface area contributed by atoms with Gasteiger partial charge in [0.25, 0.3) is 5.91 Å². The van der Waals surface area contributed by atoms with Crippen LogP contribution in [0, 0.1) is 5.41 Å². The molecule has 0 aliphatic rings. The van der Waals surface area contributed by atoms with Crippen molar-refractivity contribution in [3.05, 3.63) is 35.5 Å². The predicted octanol–water partition coefficient (Wildman–Crippen LogP) is 3.34. The number of pyridine rings is 1. The van der Waals surface area contributed by atoms with Gasteiger partial charge < -0.3 is 4.90 Å². The fourth-order valence-corrected chi connectivity index (χ4v) is 2.90. The van der Waals surface area contributed by atoms with Crippen LogP contribution in [0.1, 0.15) is 23.0 Å². The minimum atomic E-state index is -0.206. The number of nitrogens with one attached hydrogen (secondary N) is 1. The lowest BCUT2D eigenvalue weighted by molar-refractivity contribution is 0.0895. The Labute approximate surface area is 128 Å². The van der Waals surface area contributed by atoms with E-state index >= 15 is 0 Å². The number of hydrogen-bond donors (Lipinski definition) is 1. The highest BCUT2D eigenvalue weighted by atomic mass is 32.1. The van der Waals surface area contributed by atoms with Crippen LogP contribution in [0.4, 0.5) is 5.69 Å². The Morgan fingerprint density at radius 2 is 2.24 bits per heavy atom. The Morgan fingerprint density at radius 3 is 2.86 bits per heavy atom. The lowest BCUT2D eigenvalue weighted by atomic mass is 10.2. The Balaban J connectivity index is 2.43. The third kappa shape index (κ3) is 3.11. The maximum Gasteiger partial charge on any atom is 0.273 e. The molecule has 110 valence electrons. The van der Waals surface area contributed by atoms with Crippen molar-refractivity contribution >= 4 is 39.5 Å². The van der Waals surface area contributed by atoms with Crippen molar-refractivity contribution in [2.45, 2.75) is 13.3 Å². The zero-order valence-corrected chi connectivity index (χ0v) is 13.1. The molecule has 0 aromatic carbocycles. The number of amides is 1. The summed E-state index contributed by atoms with van der Waals surface area (Å²) < 4.78 is 0. The molecule has 1 amide bonds. The Morgan fingerprint density at radius 1 is 1.48 bits per heavy atom. The number of anilines is 1. The number of thiophene rings is 1. The van der Waals surface area contributed by atoms with Gasteiger partial charge in [-0.3, -0.25) is 15.1 Å². The summed E-state index contributed by atoms with van der Waals surface area (Å²) in [6.07, 6.45) is 7.06. The molecule has 0 aliphatic heterocycles. The molecule has 0 saturated carbocycles. The zero-order valence-electron chi connectivity index (χ0n) is 12.3. The summed E-state index contributed by atoms with van der Waals surface area (Å²) in [5.41, 5.74) is 1.03. The number of hydrogen-bond acceptors (Lipinski definition) is 5. The van der Waals surface area contributed by atoms with Crippen LogP contribution in [0.2, 0.25) is 0 Å². The quantitative estimate of drug-likeness (QED) is 0.680. The topological polar surface area (TPSA) is 60.3 Å². The number of fused-ring (bicyclic) bond motifs is 1. The van der Waals surface area contributed by atoms with Crippen molar-refractivity contribution in [1.29, 1.82) is 5.41 Å². The van der Waals surface area contributed by atoms with Crippen molar-refractivity contribution in [2.24, 2.45) is 0 Å². The van der Waals surface area contributed by atoms with E-state index in [4.69, 9.17) is 5.41 Å². The standard InChI is InChI=1S/C15H18N4OS/c1-4-5-8-19(10-16)15(20)13-9-11-12(18(2)3)6-7-17-14(11)21-13/h5-10,16H,4H2,1-3H3/b8-5+,16-10?. The van der Waals surface area contributed by atoms with Crippen molar-refractivity contribution in [3.63, 3.8) is 0 Å². The lowest BCUT2D eigenvalue weighted by Gasteiger charge is -2.12. The first-order valence-electron chi connectivity index (χ1n) is 6.64. The molecule has 5 nitrogen and oxygen atoms in total. The molecule has 2 aromatic heterocycles. The van der Waals surface area contributed by atoms with Gasteiger partial charge in [-0.15, -0.1) is 11.3 Å². The maximum absolute atomic E-state index is 12.4. The van der Waals surface area contributed by atoms with Gasteiger partial charge in [0, 0.05) is 37.6 Å². The Kier molecular flexibility index (Phi) is 4.70. The first-order valence-corrected chi connectivity index (χ1v) is 7.46. The highest BCUT2D eigenvalue weighted by Crippen LogP contribution is 2.31. The molecule has 0 saturated heterocycles. The third-order valence-electron chi connectivity index (χ3n) is 2.98. The average Bonchev–Trinajstić information content (AvgIpc) is 2.91. The second-order valence-corrected chi connectivity index (χ2v) is 5.72. The monoisotopic (exact) mass is 302 g/mol. The van der Waals surface area contributed by atoms with Crippen LogP contribution in [-0.2, 0) is 0 Å². The molecule has 2 heterocycles. The first-order chi connectivity index (χ1) is 10.1. The fraction of sp³-hybridized carbons (Fsp3) is 0.267. The Bertz CT molecular complexity index is 690. The number of rotatable bonds is 5. The SMILES string of the molecule is CC/C=C/N(C=N)C(=O)c1cc2c(N(C)C)ccnc2s1. The van der Waals surface area contributed by atoms with Crippen molar-refractivity contribution in [3.8, 4) is 0 Å². The number of aromatic nitrogens is 1. The van der Waals surface area contributed by atoms with Crippen LogP contribution < -0.4 is 4.90 Å². The van der Waals surface area contributed by atoms with E-state index < -0.39 is 0 Å². The van der Waals surface area contributed by atoms with E-state index in [1.165, 1.54) is 16.2 Å². The molecule has 2 aromatic rings. The van der Waals surface area contributed by atoms with Gasteiger partial charge in [0.2, 0.25) is 0 Å². The van der Waals surface area contributed by atoms with Gasteiger partial charge >= 0.3 is 0 Å². The number of carbonyl (C=O) groups excluding carboxylic acids is 1. The van der Waals surface area contributed by atoms with Gasteiger partial charge in [-0.25, -0.2) is 4.98 Å². The maximum atomic E-state index is 12.4. The Hall–Kier alpha value is -2.21. The largest absolute Gasteiger partial charge is 0.377 e. The molecule has 0 unspecified atom stereocenters. The van der Waals surface area contributed by atoms with Crippen molar-refractivity contribution in [1.82, 2.24) is 9.88 Å². The molecular weight excluding hydrogens is 284 g/mol. The highest BCUT2D eigenvalue weighted by molar-refractivity contribution is 7.20. The summed E-state index contributed by atoms with van der Waals surface area (Å²) in [5, 5.41) is 8.33. The molecule has 0 atom stereocenters. The molecule has 1 N–H and O–H groups in total. The molecule has 0 aliphatic carbocycles. The van der Waals surface area contributed by atoms with Gasteiger partial charge in [0.05, 0.1) is 11.2 Å². The van der Waals surface area contributed by atoms with E-state index in [0.717, 1.165) is 28.7 Å². The molecule has 0 radical (unpaired) electrons. The minimum Gasteiger partial charge on any atom is -0.377 e. The second-order valence-electron chi connectivity index (χ2n) is 4.69. The molecule has 2 rings (SSSR count). The van der Waals surface area contributed by atoms with Crippen molar-refractivity contribution in [2.75, 3.05) is 19.0 Å². The van der Waals surface area contributed by atoms with E-state index in [1.54, 1.807) is 12.4 Å². The second kappa shape index (κ2) is 6.49. The smallest absolute Gasteiger partial charge is 0.273 e. The number of allylic oxidation sites excluding steroid dienone is 1. The first kappa shape index (κ1) is 15.2. The summed E-state index contributed by atoms with van der Waals surface area (Å²) in [6, 6.07) is 3.77. The van der Waals surface area contributed by atoms with E-state index in [-0.39, 0.29) is 5.91 Å². The third-order valence-corrected chi connectivity index (χ3v) is 4.01. The number of carbonyl (C=O) groups is 1. The molecule has 0 spiro atoms. The van der Waals surface area contributed by atoms with Crippen molar-refractivity contribution < 1.29 is 4.79 Å². The van der Waals surface area contributed by atoms with E-state index in [1.807, 2.05) is 44.1 Å². The van der Waals surface area contributed by atoms with E-state index in [2.05, 4.69) is 4.98 Å². The van der Waals surface area contributed by atoms with Gasteiger partial charge in [0.15, 0.2) is 0 Å². The van der Waals surface area contributed by atoms with Crippen LogP contribution in [0.15, 0.2) is 30.6 Å². The van der Waals surface area contributed by atoms with Gasteiger partial charge in [0.1, 0.15) is 4.83 Å². The fourth-order valence-electron chi connectivity index (χ4n) is 1.94. The van der Waals surface area contributed by atoms with Crippen LogP contribution in [-0.4, -0.2) is 36.2 Å². The van der Waals surface area contributed by atoms with E-state index in [9.17, 15) is 4.79 Å². The molecule has 6 heteroatoms. The zero-order chi connectivity index (χ0) is 15.4. The van der Waals surface area contributed by atoms with E-state index in [0.29, 0.717) is 4.88 Å². The van der Waals surface area contributed by atoms with Gasteiger partial charge in [-0.05, 0) is 18.6 Å². The van der Waals surface area contributed by atoms with Crippen LogP contribution >= 0.6 is 11.3 Å². The average molecular weight is 302 g/mol. The van der Waals surface area contributed by atoms with Crippen LogP contribution in [0.25, 0.3) is 10.2 Å². The summed E-state index contributed by atoms with van der Waals surface area (Å²) in [5.74, 6) is -0.206. The number of nitrogens with zero attached hydrogens (tertiary/aromatic N) is 3.